The molecule has 96 valence electrons. The fourth-order valence-electron chi connectivity index (χ4n) is 1.73. The maximum atomic E-state index is 11.0. The number of nitrogens with two attached hydrogens (primary N) is 1. The van der Waals surface area contributed by atoms with Gasteiger partial charge in [0, 0.05) is 22.5 Å². The number of aryl methyl sites for hydroxylation is 1. The van der Waals surface area contributed by atoms with Gasteiger partial charge in [-0.2, -0.15) is 0 Å². The molecule has 1 aromatic rings. The molecule has 0 spiro atoms. The van der Waals surface area contributed by atoms with Gasteiger partial charge in [-0.05, 0) is 43.0 Å². The second-order valence-electron chi connectivity index (χ2n) is 4.38. The van der Waals surface area contributed by atoms with E-state index in [-0.39, 0.29) is 11.8 Å². The molecule has 0 bridgehead atoms. The Morgan fingerprint density at radius 3 is 2.65 bits per heavy atom. The first-order valence-corrected chi connectivity index (χ1v) is 8.34. The number of halogens is 1. The Morgan fingerprint density at radius 2 is 2.06 bits per heavy atom. The number of hydrogen-bond donors (Lipinski definition) is 1. The van der Waals surface area contributed by atoms with E-state index in [9.17, 15) is 8.42 Å². The van der Waals surface area contributed by atoms with Crippen molar-refractivity contribution in [2.75, 3.05) is 12.0 Å². The molecular formula is C12H18BrNO2S. The summed E-state index contributed by atoms with van der Waals surface area (Å²) in [4.78, 5) is 0. The van der Waals surface area contributed by atoms with Crippen LogP contribution in [0.15, 0.2) is 22.7 Å². The van der Waals surface area contributed by atoms with Crippen molar-refractivity contribution in [1.29, 1.82) is 0 Å². The van der Waals surface area contributed by atoms with Gasteiger partial charge >= 0.3 is 0 Å². The highest BCUT2D eigenvalue weighted by Crippen LogP contribution is 2.23. The van der Waals surface area contributed by atoms with Gasteiger partial charge in [0.25, 0.3) is 0 Å². The standard InChI is InChI=1S/C12H18BrNO2S/c1-9-5-6-10(13)8-11(9)12(14)4-3-7-17(2,15)16/h5-6,8,12H,3-4,7,14H2,1-2H3. The fourth-order valence-corrected chi connectivity index (χ4v) is 2.80. The second kappa shape index (κ2) is 5.98. The largest absolute Gasteiger partial charge is 0.324 e. The molecule has 0 radical (unpaired) electrons. The number of benzene rings is 1. The highest BCUT2D eigenvalue weighted by molar-refractivity contribution is 9.10. The first-order chi connectivity index (χ1) is 7.79. The number of hydrogen-bond acceptors (Lipinski definition) is 3. The molecule has 1 aromatic carbocycles. The Bertz CT molecular complexity index is 485. The highest BCUT2D eigenvalue weighted by Gasteiger charge is 2.11. The molecular weight excluding hydrogens is 302 g/mol. The minimum absolute atomic E-state index is 0.103. The zero-order valence-electron chi connectivity index (χ0n) is 10.1. The summed E-state index contributed by atoms with van der Waals surface area (Å²) in [5, 5.41) is 0. The molecule has 5 heteroatoms. The molecule has 0 aromatic heterocycles. The van der Waals surface area contributed by atoms with Crippen LogP contribution in [0.25, 0.3) is 0 Å². The van der Waals surface area contributed by atoms with Crippen LogP contribution < -0.4 is 5.73 Å². The van der Waals surface area contributed by atoms with Gasteiger partial charge in [-0.25, -0.2) is 8.42 Å². The summed E-state index contributed by atoms with van der Waals surface area (Å²) in [6, 6.07) is 5.88. The topological polar surface area (TPSA) is 60.2 Å². The summed E-state index contributed by atoms with van der Waals surface area (Å²) < 4.78 is 23.0. The third-order valence-electron chi connectivity index (χ3n) is 2.67. The lowest BCUT2D eigenvalue weighted by Gasteiger charge is -2.14. The van der Waals surface area contributed by atoms with Gasteiger partial charge in [0.1, 0.15) is 9.84 Å². The van der Waals surface area contributed by atoms with E-state index >= 15 is 0 Å². The maximum absolute atomic E-state index is 11.0. The molecule has 1 atom stereocenters. The van der Waals surface area contributed by atoms with Gasteiger partial charge < -0.3 is 5.73 Å². The van der Waals surface area contributed by atoms with Crippen molar-refractivity contribution in [3.63, 3.8) is 0 Å². The van der Waals surface area contributed by atoms with E-state index in [1.165, 1.54) is 6.26 Å². The van der Waals surface area contributed by atoms with Crippen LogP contribution in [0.4, 0.5) is 0 Å². The van der Waals surface area contributed by atoms with Crippen molar-refractivity contribution in [3.05, 3.63) is 33.8 Å². The van der Waals surface area contributed by atoms with Crippen LogP contribution in [-0.2, 0) is 9.84 Å². The molecule has 0 aliphatic carbocycles. The molecule has 17 heavy (non-hydrogen) atoms. The average Bonchev–Trinajstić information content (AvgIpc) is 2.19. The molecule has 0 amide bonds. The minimum Gasteiger partial charge on any atom is -0.324 e. The van der Waals surface area contributed by atoms with Crippen molar-refractivity contribution in [1.82, 2.24) is 0 Å². The Morgan fingerprint density at radius 1 is 1.41 bits per heavy atom. The minimum atomic E-state index is -2.89. The molecule has 0 heterocycles. The molecule has 1 unspecified atom stereocenters. The van der Waals surface area contributed by atoms with Crippen LogP contribution in [0.2, 0.25) is 0 Å². The van der Waals surface area contributed by atoms with Crippen LogP contribution in [-0.4, -0.2) is 20.4 Å². The summed E-state index contributed by atoms with van der Waals surface area (Å²) in [6.07, 6.45) is 2.54. The molecule has 3 nitrogen and oxygen atoms in total. The lowest BCUT2D eigenvalue weighted by Crippen LogP contribution is -2.14. The molecule has 0 saturated carbocycles. The van der Waals surface area contributed by atoms with E-state index in [0.29, 0.717) is 12.8 Å². The van der Waals surface area contributed by atoms with Gasteiger partial charge in [0.2, 0.25) is 0 Å². The maximum Gasteiger partial charge on any atom is 0.147 e. The Hall–Kier alpha value is -0.390. The Labute approximate surface area is 111 Å². The third-order valence-corrected chi connectivity index (χ3v) is 4.19. The molecule has 0 aliphatic heterocycles. The zero-order valence-corrected chi connectivity index (χ0v) is 12.5. The predicted molar refractivity (Wildman–Crippen MR) is 74.8 cm³/mol. The molecule has 0 saturated heterocycles. The van der Waals surface area contributed by atoms with Gasteiger partial charge in [0.05, 0.1) is 0 Å². The van der Waals surface area contributed by atoms with Crippen molar-refractivity contribution in [2.24, 2.45) is 5.73 Å². The van der Waals surface area contributed by atoms with Crippen LogP contribution in [0.3, 0.4) is 0 Å². The summed E-state index contributed by atoms with van der Waals surface area (Å²) in [7, 11) is -2.89. The van der Waals surface area contributed by atoms with E-state index in [0.717, 1.165) is 15.6 Å². The van der Waals surface area contributed by atoms with Crippen molar-refractivity contribution in [2.45, 2.75) is 25.8 Å². The summed E-state index contributed by atoms with van der Waals surface area (Å²) in [6.45, 7) is 2.01. The van der Waals surface area contributed by atoms with E-state index in [4.69, 9.17) is 5.73 Å². The molecule has 1 rings (SSSR count). The molecule has 0 aliphatic rings. The van der Waals surface area contributed by atoms with E-state index in [2.05, 4.69) is 15.9 Å². The van der Waals surface area contributed by atoms with Crippen LogP contribution in [0.1, 0.15) is 30.0 Å². The summed E-state index contributed by atoms with van der Waals surface area (Å²) >= 11 is 3.41. The third kappa shape index (κ3) is 5.19. The second-order valence-corrected chi connectivity index (χ2v) is 7.55. The van der Waals surface area contributed by atoms with Gasteiger partial charge in [-0.3, -0.25) is 0 Å². The van der Waals surface area contributed by atoms with Gasteiger partial charge in [-0.15, -0.1) is 0 Å². The van der Waals surface area contributed by atoms with Gasteiger partial charge in [-0.1, -0.05) is 22.0 Å². The predicted octanol–water partition coefficient (Wildman–Crippen LogP) is 2.58. The Kier molecular flexibility index (Phi) is 5.16. The molecule has 0 fully saturated rings. The van der Waals surface area contributed by atoms with Crippen LogP contribution in [0, 0.1) is 6.92 Å². The lowest BCUT2D eigenvalue weighted by molar-refractivity contribution is 0.587. The van der Waals surface area contributed by atoms with Gasteiger partial charge in [0.15, 0.2) is 0 Å². The smallest absolute Gasteiger partial charge is 0.147 e. The monoisotopic (exact) mass is 319 g/mol. The summed E-state index contributed by atoms with van der Waals surface area (Å²) in [5.74, 6) is 0.202. The average molecular weight is 320 g/mol. The lowest BCUT2D eigenvalue weighted by atomic mass is 9.99. The SMILES string of the molecule is Cc1ccc(Br)cc1C(N)CCCS(C)(=O)=O. The van der Waals surface area contributed by atoms with Crippen molar-refractivity contribution >= 4 is 25.8 Å². The normalized spacial score (nSPS) is 13.6. The fraction of sp³-hybridized carbons (Fsp3) is 0.500. The summed E-state index contributed by atoms with van der Waals surface area (Å²) in [5.41, 5.74) is 8.29. The van der Waals surface area contributed by atoms with E-state index in [1.807, 2.05) is 25.1 Å². The van der Waals surface area contributed by atoms with E-state index < -0.39 is 9.84 Å². The highest BCUT2D eigenvalue weighted by atomic mass is 79.9. The van der Waals surface area contributed by atoms with E-state index in [1.54, 1.807) is 0 Å². The van der Waals surface area contributed by atoms with Crippen LogP contribution in [0.5, 0.6) is 0 Å². The van der Waals surface area contributed by atoms with Crippen LogP contribution >= 0.6 is 15.9 Å². The molecule has 2 N–H and O–H groups in total. The van der Waals surface area contributed by atoms with Crippen molar-refractivity contribution < 1.29 is 8.42 Å². The first kappa shape index (κ1) is 14.7. The number of rotatable bonds is 5. The quantitative estimate of drug-likeness (QED) is 0.907. The zero-order chi connectivity index (χ0) is 13.1. The Balaban J connectivity index is 2.64. The number of sulfone groups is 1. The van der Waals surface area contributed by atoms with Crippen molar-refractivity contribution in [3.8, 4) is 0 Å². The first-order valence-electron chi connectivity index (χ1n) is 5.49.